The van der Waals surface area contributed by atoms with Crippen LogP contribution in [0.2, 0.25) is 0 Å². The van der Waals surface area contributed by atoms with Crippen molar-refractivity contribution in [1.29, 1.82) is 0 Å². The van der Waals surface area contributed by atoms with E-state index in [1.54, 1.807) is 0 Å². The standard InChI is InChI=1S/C7H14O.C6H12O/c1-3-5-6-7(8)4-2;1-3-5-6(7)4-2/h3-6H2,1-2H3;3-5H2,1-2H3. The van der Waals surface area contributed by atoms with E-state index >= 15 is 0 Å². The van der Waals surface area contributed by atoms with Crippen molar-refractivity contribution in [2.45, 2.75) is 72.6 Å². The van der Waals surface area contributed by atoms with Crippen molar-refractivity contribution in [2.75, 3.05) is 0 Å². The molecule has 0 aliphatic heterocycles. The average Bonchev–Trinajstić information content (AvgIpc) is 2.26. The Morgan fingerprint density at radius 2 is 1.20 bits per heavy atom. The summed E-state index contributed by atoms with van der Waals surface area (Å²) in [5, 5.41) is 0. The van der Waals surface area contributed by atoms with Gasteiger partial charge in [0, 0.05) is 25.7 Å². The third kappa shape index (κ3) is 16.0. The summed E-state index contributed by atoms with van der Waals surface area (Å²) >= 11 is 0. The van der Waals surface area contributed by atoms with Crippen LogP contribution in [0.1, 0.15) is 72.6 Å². The third-order valence-electron chi connectivity index (χ3n) is 2.13. The second kappa shape index (κ2) is 13.3. The molecule has 90 valence electrons. The van der Waals surface area contributed by atoms with Gasteiger partial charge in [-0.05, 0) is 12.8 Å². The summed E-state index contributed by atoms with van der Waals surface area (Å²) in [6, 6.07) is 0. The summed E-state index contributed by atoms with van der Waals surface area (Å²) in [6.07, 6.45) is 6.14. The van der Waals surface area contributed by atoms with Crippen LogP contribution in [-0.2, 0) is 9.59 Å². The first-order valence-electron chi connectivity index (χ1n) is 6.15. The number of hydrogen-bond acceptors (Lipinski definition) is 2. The molecule has 0 bridgehead atoms. The van der Waals surface area contributed by atoms with Crippen LogP contribution in [0.25, 0.3) is 0 Å². The van der Waals surface area contributed by atoms with Crippen molar-refractivity contribution >= 4 is 11.6 Å². The van der Waals surface area contributed by atoms with E-state index in [0.717, 1.165) is 32.1 Å². The summed E-state index contributed by atoms with van der Waals surface area (Å²) < 4.78 is 0. The predicted molar refractivity (Wildman–Crippen MR) is 65.0 cm³/mol. The predicted octanol–water partition coefficient (Wildman–Crippen LogP) is 3.92. The lowest BCUT2D eigenvalue weighted by Crippen LogP contribution is -1.92. The Balaban J connectivity index is 0. The third-order valence-corrected chi connectivity index (χ3v) is 2.13. The van der Waals surface area contributed by atoms with Gasteiger partial charge in [-0.2, -0.15) is 0 Å². The molecule has 0 unspecified atom stereocenters. The molecule has 0 heterocycles. The zero-order valence-corrected chi connectivity index (χ0v) is 10.8. The summed E-state index contributed by atoms with van der Waals surface area (Å²) in [4.78, 5) is 21.0. The van der Waals surface area contributed by atoms with E-state index < -0.39 is 0 Å². The van der Waals surface area contributed by atoms with Crippen LogP contribution in [0.4, 0.5) is 0 Å². The molecule has 0 atom stereocenters. The molecule has 0 spiro atoms. The lowest BCUT2D eigenvalue weighted by Gasteiger charge is -1.91. The topological polar surface area (TPSA) is 34.1 Å². The van der Waals surface area contributed by atoms with Gasteiger partial charge in [0.05, 0.1) is 0 Å². The van der Waals surface area contributed by atoms with Gasteiger partial charge in [-0.3, -0.25) is 9.59 Å². The van der Waals surface area contributed by atoms with Gasteiger partial charge in [0.15, 0.2) is 0 Å². The molecule has 0 aliphatic rings. The molecule has 0 rings (SSSR count). The Kier molecular flexibility index (Phi) is 14.9. The van der Waals surface area contributed by atoms with E-state index in [9.17, 15) is 9.59 Å². The van der Waals surface area contributed by atoms with Crippen molar-refractivity contribution < 1.29 is 9.59 Å². The van der Waals surface area contributed by atoms with E-state index in [-0.39, 0.29) is 0 Å². The lowest BCUT2D eigenvalue weighted by atomic mass is 10.1. The fourth-order valence-electron chi connectivity index (χ4n) is 1.01. The highest BCUT2D eigenvalue weighted by Gasteiger charge is 1.93. The van der Waals surface area contributed by atoms with Gasteiger partial charge in [0.25, 0.3) is 0 Å². The van der Waals surface area contributed by atoms with Crippen molar-refractivity contribution in [2.24, 2.45) is 0 Å². The van der Waals surface area contributed by atoms with Crippen LogP contribution in [0.5, 0.6) is 0 Å². The first-order chi connectivity index (χ1) is 7.12. The molecule has 0 aromatic carbocycles. The lowest BCUT2D eigenvalue weighted by molar-refractivity contribution is -0.119. The molecule has 0 aromatic heterocycles. The number of hydrogen-bond donors (Lipinski definition) is 0. The molecular formula is C13H26O2. The SMILES string of the molecule is CCCC(=O)CC.CCCCC(=O)CC. The summed E-state index contributed by atoms with van der Waals surface area (Å²) in [5.74, 6) is 0.773. The van der Waals surface area contributed by atoms with Crippen LogP contribution in [0, 0.1) is 0 Å². The van der Waals surface area contributed by atoms with Gasteiger partial charge in [0.1, 0.15) is 11.6 Å². The minimum Gasteiger partial charge on any atom is -0.300 e. The van der Waals surface area contributed by atoms with Crippen LogP contribution in [0.3, 0.4) is 0 Å². The Hall–Kier alpha value is -0.660. The highest BCUT2D eigenvalue weighted by Crippen LogP contribution is 1.96. The van der Waals surface area contributed by atoms with E-state index in [1.807, 2.05) is 20.8 Å². The van der Waals surface area contributed by atoms with E-state index in [2.05, 4.69) is 6.92 Å². The van der Waals surface area contributed by atoms with Crippen molar-refractivity contribution in [3.63, 3.8) is 0 Å². The molecule has 0 N–H and O–H groups in total. The highest BCUT2D eigenvalue weighted by atomic mass is 16.1. The van der Waals surface area contributed by atoms with Gasteiger partial charge in [-0.25, -0.2) is 0 Å². The molecule has 0 aliphatic carbocycles. The van der Waals surface area contributed by atoms with E-state index in [4.69, 9.17) is 0 Å². The largest absolute Gasteiger partial charge is 0.300 e. The first-order valence-corrected chi connectivity index (χ1v) is 6.15. The van der Waals surface area contributed by atoms with Crippen LogP contribution in [-0.4, -0.2) is 11.6 Å². The van der Waals surface area contributed by atoms with Gasteiger partial charge >= 0.3 is 0 Å². The molecule has 2 nitrogen and oxygen atoms in total. The number of carbonyl (C=O) groups is 2. The van der Waals surface area contributed by atoms with Crippen LogP contribution in [0.15, 0.2) is 0 Å². The molecule has 0 radical (unpaired) electrons. The van der Waals surface area contributed by atoms with Crippen LogP contribution < -0.4 is 0 Å². The fourth-order valence-corrected chi connectivity index (χ4v) is 1.01. The second-order valence-corrected chi connectivity index (χ2v) is 3.64. The zero-order chi connectivity index (χ0) is 12.1. The fraction of sp³-hybridized carbons (Fsp3) is 0.846. The highest BCUT2D eigenvalue weighted by molar-refractivity contribution is 5.78. The minimum absolute atomic E-state index is 0.377. The molecule has 15 heavy (non-hydrogen) atoms. The van der Waals surface area contributed by atoms with Gasteiger partial charge in [-0.1, -0.05) is 34.1 Å². The summed E-state index contributed by atoms with van der Waals surface area (Å²) in [7, 11) is 0. The summed E-state index contributed by atoms with van der Waals surface area (Å²) in [5.41, 5.74) is 0. The average molecular weight is 214 g/mol. The number of ketones is 2. The van der Waals surface area contributed by atoms with E-state index in [0.29, 0.717) is 24.4 Å². The Labute approximate surface area is 94.4 Å². The molecule has 0 saturated carbocycles. The number of Topliss-reactive ketones (excluding diaryl/α,β-unsaturated/α-hetero) is 2. The molecule has 2 heteroatoms. The first kappa shape index (κ1) is 16.8. The number of rotatable bonds is 7. The monoisotopic (exact) mass is 214 g/mol. The maximum atomic E-state index is 10.6. The molecule has 0 aromatic rings. The summed E-state index contributed by atoms with van der Waals surface area (Å²) in [6.45, 7) is 7.94. The quantitative estimate of drug-likeness (QED) is 0.643. The maximum Gasteiger partial charge on any atom is 0.132 e. The number of unbranched alkanes of at least 4 members (excludes halogenated alkanes) is 1. The normalized spacial score (nSPS) is 9.07. The van der Waals surface area contributed by atoms with Gasteiger partial charge < -0.3 is 0 Å². The second-order valence-electron chi connectivity index (χ2n) is 3.64. The smallest absolute Gasteiger partial charge is 0.132 e. The molecule has 0 amide bonds. The maximum absolute atomic E-state index is 10.6. The van der Waals surface area contributed by atoms with Crippen molar-refractivity contribution in [3.05, 3.63) is 0 Å². The Bertz CT molecular complexity index is 162. The molecule has 0 saturated heterocycles. The Morgan fingerprint density at radius 3 is 1.47 bits per heavy atom. The minimum atomic E-state index is 0.377. The van der Waals surface area contributed by atoms with Crippen molar-refractivity contribution in [1.82, 2.24) is 0 Å². The Morgan fingerprint density at radius 1 is 0.733 bits per heavy atom. The van der Waals surface area contributed by atoms with Crippen molar-refractivity contribution in [3.8, 4) is 0 Å². The van der Waals surface area contributed by atoms with Gasteiger partial charge in [0.2, 0.25) is 0 Å². The number of carbonyl (C=O) groups excluding carboxylic acids is 2. The molecule has 0 fully saturated rings. The van der Waals surface area contributed by atoms with Crippen LogP contribution >= 0.6 is 0 Å². The zero-order valence-electron chi connectivity index (χ0n) is 10.8. The van der Waals surface area contributed by atoms with Gasteiger partial charge in [-0.15, -0.1) is 0 Å². The molecular weight excluding hydrogens is 188 g/mol. The van der Waals surface area contributed by atoms with E-state index in [1.165, 1.54) is 0 Å².